The molecule has 1 aliphatic rings. The summed E-state index contributed by atoms with van der Waals surface area (Å²) in [7, 11) is 0. The number of rotatable bonds is 4. The van der Waals surface area contributed by atoms with E-state index in [1.165, 1.54) is 0 Å². The molecule has 2 aromatic carbocycles. The molecule has 0 radical (unpaired) electrons. The summed E-state index contributed by atoms with van der Waals surface area (Å²) >= 11 is 4.38. The summed E-state index contributed by atoms with van der Waals surface area (Å²) in [5.41, 5.74) is 2.79. The van der Waals surface area contributed by atoms with Crippen molar-refractivity contribution in [3.63, 3.8) is 0 Å². The minimum Gasteiger partial charge on any atom is -0.483 e. The average molecular weight is 399 g/mol. The molecule has 0 aromatic heterocycles. The molecule has 0 saturated carbocycles. The van der Waals surface area contributed by atoms with Crippen LogP contribution in [-0.4, -0.2) is 54.4 Å². The number of thiol groups is 1. The predicted octanol–water partition coefficient (Wildman–Crippen LogP) is 3.35. The first-order valence-corrected chi connectivity index (χ1v) is 9.96. The van der Waals surface area contributed by atoms with E-state index < -0.39 is 0 Å². The summed E-state index contributed by atoms with van der Waals surface area (Å²) in [5, 5.41) is 0. The van der Waals surface area contributed by atoms with Crippen molar-refractivity contribution in [1.29, 1.82) is 0 Å². The van der Waals surface area contributed by atoms with Gasteiger partial charge in [-0.2, -0.15) is 0 Å². The van der Waals surface area contributed by atoms with Crippen LogP contribution in [0.1, 0.15) is 27.9 Å². The average Bonchev–Trinajstić information content (AvgIpc) is 2.95. The van der Waals surface area contributed by atoms with Gasteiger partial charge in [0, 0.05) is 31.1 Å². The molecule has 2 amide bonds. The topological polar surface area (TPSA) is 49.9 Å². The van der Waals surface area contributed by atoms with E-state index in [4.69, 9.17) is 4.74 Å². The number of amides is 2. The first-order chi connectivity index (χ1) is 13.5. The lowest BCUT2D eigenvalue weighted by atomic mass is 10.1. The molecule has 1 heterocycles. The van der Waals surface area contributed by atoms with Gasteiger partial charge in [-0.25, -0.2) is 0 Å². The molecule has 148 valence electrons. The fourth-order valence-corrected chi connectivity index (χ4v) is 3.56. The van der Waals surface area contributed by atoms with Gasteiger partial charge in [-0.1, -0.05) is 24.3 Å². The van der Waals surface area contributed by atoms with E-state index in [1.54, 1.807) is 15.9 Å². The molecule has 0 unspecified atom stereocenters. The zero-order valence-corrected chi connectivity index (χ0v) is 17.2. The summed E-state index contributed by atoms with van der Waals surface area (Å²) in [4.78, 5) is 29.6. The standard InChI is InChI=1S/C22H26N2O3S/c1-16-7-5-9-19(17(16)2)27-15-21(25)23-11-6-12-24(14-13-23)22(26)18-8-3-4-10-20(18)28/h3-5,7-10,28H,6,11-15H2,1-2H3. The van der Waals surface area contributed by atoms with Crippen LogP contribution in [0.2, 0.25) is 0 Å². The second kappa shape index (κ2) is 9.15. The normalized spacial score (nSPS) is 14.5. The lowest BCUT2D eigenvalue weighted by Gasteiger charge is -2.23. The lowest BCUT2D eigenvalue weighted by Crippen LogP contribution is -2.39. The van der Waals surface area contributed by atoms with E-state index in [0.29, 0.717) is 36.6 Å². The Bertz CT molecular complexity index is 869. The van der Waals surface area contributed by atoms with Crippen molar-refractivity contribution in [3.8, 4) is 5.75 Å². The third-order valence-corrected chi connectivity index (χ3v) is 5.57. The summed E-state index contributed by atoms with van der Waals surface area (Å²) in [6.07, 6.45) is 0.746. The molecule has 0 spiro atoms. The molecule has 5 nitrogen and oxygen atoms in total. The van der Waals surface area contributed by atoms with Crippen LogP contribution < -0.4 is 4.74 Å². The van der Waals surface area contributed by atoms with Gasteiger partial charge in [-0.3, -0.25) is 9.59 Å². The summed E-state index contributed by atoms with van der Waals surface area (Å²) in [5.74, 6) is 0.654. The van der Waals surface area contributed by atoms with Gasteiger partial charge < -0.3 is 14.5 Å². The van der Waals surface area contributed by atoms with E-state index in [0.717, 1.165) is 23.3 Å². The quantitative estimate of drug-likeness (QED) is 0.804. The van der Waals surface area contributed by atoms with Gasteiger partial charge in [0.15, 0.2) is 6.61 Å². The highest BCUT2D eigenvalue weighted by Crippen LogP contribution is 2.21. The van der Waals surface area contributed by atoms with Crippen molar-refractivity contribution in [1.82, 2.24) is 9.80 Å². The van der Waals surface area contributed by atoms with E-state index in [-0.39, 0.29) is 18.4 Å². The number of carbonyl (C=O) groups excluding carboxylic acids is 2. The first kappa shape index (κ1) is 20.3. The molecule has 6 heteroatoms. The van der Waals surface area contributed by atoms with Crippen molar-refractivity contribution < 1.29 is 14.3 Å². The number of carbonyl (C=O) groups is 2. The Labute approximate surface area is 171 Å². The summed E-state index contributed by atoms with van der Waals surface area (Å²) in [6.45, 7) is 6.30. The van der Waals surface area contributed by atoms with Crippen LogP contribution in [-0.2, 0) is 4.79 Å². The smallest absolute Gasteiger partial charge is 0.260 e. The Morgan fingerprint density at radius 1 is 0.964 bits per heavy atom. The number of aryl methyl sites for hydroxylation is 1. The van der Waals surface area contributed by atoms with Crippen molar-refractivity contribution in [3.05, 3.63) is 59.2 Å². The van der Waals surface area contributed by atoms with E-state index in [1.807, 2.05) is 50.2 Å². The maximum atomic E-state index is 12.8. The number of nitrogens with zero attached hydrogens (tertiary/aromatic N) is 2. The van der Waals surface area contributed by atoms with E-state index >= 15 is 0 Å². The molecule has 0 aliphatic carbocycles. The van der Waals surface area contributed by atoms with Crippen LogP contribution in [0.4, 0.5) is 0 Å². The van der Waals surface area contributed by atoms with Crippen molar-refractivity contribution in [2.24, 2.45) is 0 Å². The minimum atomic E-state index is -0.0511. The highest BCUT2D eigenvalue weighted by molar-refractivity contribution is 7.80. The van der Waals surface area contributed by atoms with Crippen LogP contribution >= 0.6 is 12.6 Å². The van der Waals surface area contributed by atoms with Crippen molar-refractivity contribution in [2.75, 3.05) is 32.8 Å². The van der Waals surface area contributed by atoms with Crippen LogP contribution in [0, 0.1) is 13.8 Å². The van der Waals surface area contributed by atoms with Gasteiger partial charge in [0.25, 0.3) is 11.8 Å². The van der Waals surface area contributed by atoms with E-state index in [2.05, 4.69) is 12.6 Å². The van der Waals surface area contributed by atoms with Crippen LogP contribution in [0.15, 0.2) is 47.4 Å². The van der Waals surface area contributed by atoms with Gasteiger partial charge >= 0.3 is 0 Å². The molecule has 1 fully saturated rings. The van der Waals surface area contributed by atoms with Gasteiger partial charge in [-0.15, -0.1) is 12.6 Å². The predicted molar refractivity (Wildman–Crippen MR) is 112 cm³/mol. The Morgan fingerprint density at radius 2 is 1.68 bits per heavy atom. The second-order valence-electron chi connectivity index (χ2n) is 7.03. The highest BCUT2D eigenvalue weighted by atomic mass is 32.1. The Kier molecular flexibility index (Phi) is 6.62. The molecular weight excluding hydrogens is 372 g/mol. The monoisotopic (exact) mass is 398 g/mol. The van der Waals surface area contributed by atoms with Gasteiger partial charge in [-0.05, 0) is 49.6 Å². The lowest BCUT2D eigenvalue weighted by molar-refractivity contribution is -0.133. The molecule has 28 heavy (non-hydrogen) atoms. The maximum absolute atomic E-state index is 12.8. The molecule has 3 rings (SSSR count). The second-order valence-corrected chi connectivity index (χ2v) is 7.51. The number of hydrogen-bond donors (Lipinski definition) is 1. The largest absolute Gasteiger partial charge is 0.483 e. The molecule has 2 aromatic rings. The molecule has 0 atom stereocenters. The zero-order chi connectivity index (χ0) is 20.1. The SMILES string of the molecule is Cc1cccc(OCC(=O)N2CCCN(C(=O)c3ccccc3S)CC2)c1C. The molecule has 1 aliphatic heterocycles. The van der Waals surface area contributed by atoms with E-state index in [9.17, 15) is 9.59 Å². The van der Waals surface area contributed by atoms with Crippen LogP contribution in [0.3, 0.4) is 0 Å². The molecule has 0 N–H and O–H groups in total. The third-order valence-electron chi connectivity index (χ3n) is 5.18. The molecule has 1 saturated heterocycles. The van der Waals surface area contributed by atoms with Crippen molar-refractivity contribution >= 4 is 24.4 Å². The molecule has 0 bridgehead atoms. The fraction of sp³-hybridized carbons (Fsp3) is 0.364. The Morgan fingerprint density at radius 3 is 2.46 bits per heavy atom. The number of hydrogen-bond acceptors (Lipinski definition) is 4. The zero-order valence-electron chi connectivity index (χ0n) is 16.4. The minimum absolute atomic E-state index is 0.0116. The molecular formula is C22H26N2O3S. The van der Waals surface area contributed by atoms with Crippen LogP contribution in [0.25, 0.3) is 0 Å². The van der Waals surface area contributed by atoms with Crippen molar-refractivity contribution in [2.45, 2.75) is 25.2 Å². The van der Waals surface area contributed by atoms with Gasteiger partial charge in [0.1, 0.15) is 5.75 Å². The Hall–Kier alpha value is -2.47. The summed E-state index contributed by atoms with van der Waals surface area (Å²) < 4.78 is 5.75. The van der Waals surface area contributed by atoms with Gasteiger partial charge in [0.2, 0.25) is 0 Å². The number of benzene rings is 2. The van der Waals surface area contributed by atoms with Gasteiger partial charge in [0.05, 0.1) is 5.56 Å². The summed E-state index contributed by atoms with van der Waals surface area (Å²) in [6, 6.07) is 13.1. The Balaban J connectivity index is 1.57. The highest BCUT2D eigenvalue weighted by Gasteiger charge is 2.24. The number of ether oxygens (including phenoxy) is 1. The fourth-order valence-electron chi connectivity index (χ4n) is 3.31. The maximum Gasteiger partial charge on any atom is 0.260 e. The first-order valence-electron chi connectivity index (χ1n) is 9.51. The third kappa shape index (κ3) is 4.68. The van der Waals surface area contributed by atoms with Crippen LogP contribution in [0.5, 0.6) is 5.75 Å².